The predicted molar refractivity (Wildman–Crippen MR) is 95.7 cm³/mol. The van der Waals surface area contributed by atoms with Crippen LogP contribution in [0, 0.1) is 5.92 Å². The fourth-order valence-corrected chi connectivity index (χ4v) is 4.98. The van der Waals surface area contributed by atoms with Gasteiger partial charge in [-0.3, -0.25) is 4.79 Å². The number of aromatic nitrogens is 2. The first-order valence-electron chi connectivity index (χ1n) is 9.49. The Hall–Kier alpha value is -1.48. The molecule has 1 saturated carbocycles. The lowest BCUT2D eigenvalue weighted by Crippen LogP contribution is -2.30. The number of amides is 1. The Balaban J connectivity index is 1.47. The molecule has 1 aromatic heterocycles. The molecule has 3 rings (SSSR count). The summed E-state index contributed by atoms with van der Waals surface area (Å²) in [5, 5.41) is 6.93. The molecule has 8 nitrogen and oxygen atoms in total. The fourth-order valence-electron chi connectivity index (χ4n) is 3.86. The molecule has 1 atom stereocenters. The van der Waals surface area contributed by atoms with Crippen LogP contribution in [0.15, 0.2) is 4.52 Å². The molecule has 1 aromatic rings. The average Bonchev–Trinajstić information content (AvgIpc) is 3.27. The van der Waals surface area contributed by atoms with Gasteiger partial charge in [-0.1, -0.05) is 24.4 Å². The van der Waals surface area contributed by atoms with Gasteiger partial charge in [0.1, 0.15) is 0 Å². The van der Waals surface area contributed by atoms with Crippen LogP contribution in [0.2, 0.25) is 0 Å². The molecule has 1 unspecified atom stereocenters. The van der Waals surface area contributed by atoms with E-state index < -0.39 is 10.0 Å². The average molecular weight is 385 g/mol. The van der Waals surface area contributed by atoms with Crippen molar-refractivity contribution in [3.8, 4) is 0 Å². The predicted octanol–water partition coefficient (Wildman–Crippen LogP) is 1.80. The fraction of sp³-hybridized carbons (Fsp3) is 0.824. The lowest BCUT2D eigenvalue weighted by Gasteiger charge is -2.21. The van der Waals surface area contributed by atoms with Crippen LogP contribution in [-0.4, -0.2) is 48.1 Å². The van der Waals surface area contributed by atoms with Crippen LogP contribution >= 0.6 is 0 Å². The first-order chi connectivity index (χ1) is 12.4. The molecule has 0 bridgehead atoms. The van der Waals surface area contributed by atoms with Crippen molar-refractivity contribution in [1.29, 1.82) is 0 Å². The second kappa shape index (κ2) is 8.47. The van der Waals surface area contributed by atoms with E-state index in [2.05, 4.69) is 15.5 Å². The van der Waals surface area contributed by atoms with Crippen molar-refractivity contribution in [1.82, 2.24) is 19.8 Å². The number of aryl methyl sites for hydroxylation is 1. The van der Waals surface area contributed by atoms with E-state index in [1.54, 1.807) is 0 Å². The highest BCUT2D eigenvalue weighted by atomic mass is 32.2. The molecule has 2 heterocycles. The normalized spacial score (nSPS) is 22.6. The highest BCUT2D eigenvalue weighted by Gasteiger charge is 2.35. The second-order valence-corrected chi connectivity index (χ2v) is 9.32. The van der Waals surface area contributed by atoms with Crippen molar-refractivity contribution < 1.29 is 17.7 Å². The summed E-state index contributed by atoms with van der Waals surface area (Å²) in [6.45, 7) is 1.23. The minimum Gasteiger partial charge on any atom is -0.356 e. The van der Waals surface area contributed by atoms with Gasteiger partial charge in [-0.2, -0.15) is 9.29 Å². The highest BCUT2D eigenvalue weighted by Crippen LogP contribution is 2.32. The van der Waals surface area contributed by atoms with Crippen molar-refractivity contribution in [2.45, 2.75) is 63.8 Å². The molecule has 146 valence electrons. The summed E-state index contributed by atoms with van der Waals surface area (Å²) in [4.78, 5) is 16.3. The first kappa shape index (κ1) is 19.3. The van der Waals surface area contributed by atoms with E-state index in [0.717, 1.165) is 13.0 Å². The van der Waals surface area contributed by atoms with Crippen LogP contribution in [0.4, 0.5) is 0 Å². The second-order valence-electron chi connectivity index (χ2n) is 7.39. The molecular formula is C17H28N4O4S. The lowest BCUT2D eigenvalue weighted by molar-refractivity contribution is -0.121. The number of rotatable bonds is 7. The Kier molecular flexibility index (Phi) is 6.29. The Labute approximate surface area is 154 Å². The van der Waals surface area contributed by atoms with E-state index in [0.29, 0.717) is 43.4 Å². The summed E-state index contributed by atoms with van der Waals surface area (Å²) in [5.74, 6) is 1.37. The Bertz CT molecular complexity index is 712. The number of carbonyl (C=O) groups is 1. The summed E-state index contributed by atoms with van der Waals surface area (Å²) in [6, 6.07) is -0.359. The van der Waals surface area contributed by atoms with Gasteiger partial charge >= 0.3 is 0 Å². The summed E-state index contributed by atoms with van der Waals surface area (Å²) >= 11 is 0. The van der Waals surface area contributed by atoms with Gasteiger partial charge in [-0.15, -0.1) is 0 Å². The highest BCUT2D eigenvalue weighted by molar-refractivity contribution is 7.88. The smallest absolute Gasteiger partial charge is 0.227 e. The number of nitrogens with one attached hydrogen (secondary N) is 1. The van der Waals surface area contributed by atoms with Crippen LogP contribution in [-0.2, 0) is 21.2 Å². The number of hydrogen-bond donors (Lipinski definition) is 1. The van der Waals surface area contributed by atoms with Crippen molar-refractivity contribution in [3.05, 3.63) is 11.7 Å². The van der Waals surface area contributed by atoms with Crippen LogP contribution in [0.1, 0.15) is 69.1 Å². The molecule has 1 aliphatic heterocycles. The van der Waals surface area contributed by atoms with Gasteiger partial charge in [0.15, 0.2) is 5.82 Å². The molecule has 2 aliphatic rings. The van der Waals surface area contributed by atoms with E-state index in [1.165, 1.54) is 42.7 Å². The molecule has 0 radical (unpaired) electrons. The molecule has 9 heteroatoms. The monoisotopic (exact) mass is 384 g/mol. The Morgan fingerprint density at radius 1 is 1.23 bits per heavy atom. The van der Waals surface area contributed by atoms with Crippen LogP contribution in [0.25, 0.3) is 0 Å². The summed E-state index contributed by atoms with van der Waals surface area (Å²) in [6.07, 6.45) is 9.57. The van der Waals surface area contributed by atoms with Crippen molar-refractivity contribution >= 4 is 15.9 Å². The zero-order valence-corrected chi connectivity index (χ0v) is 16.1. The van der Waals surface area contributed by atoms with Crippen molar-refractivity contribution in [2.24, 2.45) is 5.92 Å². The lowest BCUT2D eigenvalue weighted by atomic mass is 9.89. The standard InChI is InChI=1S/C17H28N4O4S/c1-26(23,24)21-11-5-8-14(21)17-19-16(25-20-17)10-9-15(22)18-12-13-6-3-2-4-7-13/h13-14H,2-12H2,1H3,(H,18,22). The van der Waals surface area contributed by atoms with Gasteiger partial charge in [0.2, 0.25) is 21.8 Å². The topological polar surface area (TPSA) is 105 Å². The van der Waals surface area contributed by atoms with Crippen molar-refractivity contribution in [3.63, 3.8) is 0 Å². The number of carbonyl (C=O) groups excluding carboxylic acids is 1. The number of nitrogens with zero attached hydrogens (tertiary/aromatic N) is 3. The zero-order chi connectivity index (χ0) is 18.6. The third-order valence-corrected chi connectivity index (χ3v) is 6.58. The summed E-state index contributed by atoms with van der Waals surface area (Å²) < 4.78 is 30.3. The maximum absolute atomic E-state index is 12.0. The van der Waals surface area contributed by atoms with Crippen LogP contribution in [0.5, 0.6) is 0 Å². The quantitative estimate of drug-likeness (QED) is 0.768. The minimum atomic E-state index is -3.29. The molecular weight excluding hydrogens is 356 g/mol. The van der Waals surface area contributed by atoms with E-state index in [4.69, 9.17) is 4.52 Å². The molecule has 26 heavy (non-hydrogen) atoms. The molecule has 1 saturated heterocycles. The molecule has 0 aromatic carbocycles. The molecule has 0 spiro atoms. The molecule has 1 aliphatic carbocycles. The summed E-state index contributed by atoms with van der Waals surface area (Å²) in [7, 11) is -3.29. The summed E-state index contributed by atoms with van der Waals surface area (Å²) in [5.41, 5.74) is 0. The van der Waals surface area contributed by atoms with E-state index in [1.807, 2.05) is 0 Å². The first-order valence-corrected chi connectivity index (χ1v) is 11.3. The van der Waals surface area contributed by atoms with Gasteiger partial charge in [-0.05, 0) is 31.6 Å². The van der Waals surface area contributed by atoms with Gasteiger partial charge in [-0.25, -0.2) is 8.42 Å². The third kappa shape index (κ3) is 5.03. The molecule has 1 amide bonds. The van der Waals surface area contributed by atoms with Crippen LogP contribution in [0.3, 0.4) is 0 Å². The Morgan fingerprint density at radius 3 is 2.73 bits per heavy atom. The maximum Gasteiger partial charge on any atom is 0.227 e. The van der Waals surface area contributed by atoms with E-state index in [9.17, 15) is 13.2 Å². The maximum atomic E-state index is 12.0. The molecule has 2 fully saturated rings. The largest absolute Gasteiger partial charge is 0.356 e. The van der Waals surface area contributed by atoms with Gasteiger partial charge in [0.25, 0.3) is 0 Å². The van der Waals surface area contributed by atoms with Crippen molar-refractivity contribution in [2.75, 3.05) is 19.3 Å². The van der Waals surface area contributed by atoms with Gasteiger partial charge in [0, 0.05) is 25.9 Å². The minimum absolute atomic E-state index is 0.00560. The third-order valence-electron chi connectivity index (χ3n) is 5.29. The number of hydrogen-bond acceptors (Lipinski definition) is 6. The SMILES string of the molecule is CS(=O)(=O)N1CCCC1c1noc(CCC(=O)NCC2CCCCC2)n1. The van der Waals surface area contributed by atoms with E-state index >= 15 is 0 Å². The van der Waals surface area contributed by atoms with E-state index in [-0.39, 0.29) is 11.9 Å². The Morgan fingerprint density at radius 2 is 2.00 bits per heavy atom. The zero-order valence-electron chi connectivity index (χ0n) is 15.3. The van der Waals surface area contributed by atoms with Crippen LogP contribution < -0.4 is 5.32 Å². The van der Waals surface area contributed by atoms with Gasteiger partial charge in [0.05, 0.1) is 12.3 Å². The number of sulfonamides is 1. The van der Waals surface area contributed by atoms with Gasteiger partial charge < -0.3 is 9.84 Å². The molecule has 1 N–H and O–H groups in total.